The number of hydrogen-bond acceptors (Lipinski definition) is 6. The van der Waals surface area contributed by atoms with Crippen molar-refractivity contribution in [3.8, 4) is 0 Å². The van der Waals surface area contributed by atoms with E-state index in [1.165, 1.54) is 24.0 Å². The van der Waals surface area contributed by atoms with Crippen molar-refractivity contribution in [3.63, 3.8) is 0 Å². The second-order valence-corrected chi connectivity index (χ2v) is 11.8. The molecule has 0 atom stereocenters. The van der Waals surface area contributed by atoms with Gasteiger partial charge in [-0.1, -0.05) is 61.4 Å². The molecule has 1 aliphatic rings. The number of unbranched alkanes of at least 4 members (excludes halogenated alkanes) is 2. The molecule has 0 unspecified atom stereocenters. The topological polar surface area (TPSA) is 75.9 Å². The Hall–Kier alpha value is -3.20. The van der Waals surface area contributed by atoms with Gasteiger partial charge < -0.3 is 9.64 Å². The SMILES string of the molecule is CCCCCc1ccc(C(=O)N(CCCN2CCOCC2)Cc2cc([N+](=O)[O-])ccc2Sc2ccc(C)cc2)cc1. The number of rotatable bonds is 14. The molecule has 1 saturated heterocycles. The van der Waals surface area contributed by atoms with Crippen LogP contribution in [0.15, 0.2) is 76.5 Å². The Bertz CT molecular complexity index is 1270. The van der Waals surface area contributed by atoms with Gasteiger partial charge in [-0.05, 0) is 67.6 Å². The van der Waals surface area contributed by atoms with Crippen LogP contribution in [0.25, 0.3) is 0 Å². The average molecular weight is 576 g/mol. The maximum Gasteiger partial charge on any atom is 0.269 e. The van der Waals surface area contributed by atoms with Gasteiger partial charge in [0.2, 0.25) is 0 Å². The van der Waals surface area contributed by atoms with Crippen molar-refractivity contribution in [3.05, 3.63) is 99.1 Å². The van der Waals surface area contributed by atoms with E-state index in [-0.39, 0.29) is 16.5 Å². The number of non-ortho nitro benzene ring substituents is 1. The zero-order chi connectivity index (χ0) is 29.0. The van der Waals surface area contributed by atoms with Gasteiger partial charge in [-0.25, -0.2) is 0 Å². The van der Waals surface area contributed by atoms with E-state index in [0.29, 0.717) is 18.7 Å². The lowest BCUT2D eigenvalue weighted by Gasteiger charge is -2.29. The van der Waals surface area contributed by atoms with E-state index >= 15 is 0 Å². The van der Waals surface area contributed by atoms with Crippen LogP contribution in [0.4, 0.5) is 5.69 Å². The molecule has 0 aromatic heterocycles. The van der Waals surface area contributed by atoms with Crippen molar-refractivity contribution < 1.29 is 14.5 Å². The molecule has 1 amide bonds. The fraction of sp³-hybridized carbons (Fsp3) is 0.424. The van der Waals surface area contributed by atoms with Crippen molar-refractivity contribution in [1.82, 2.24) is 9.80 Å². The number of nitrogens with zero attached hydrogens (tertiary/aromatic N) is 3. The molecular weight excluding hydrogens is 534 g/mol. The monoisotopic (exact) mass is 575 g/mol. The highest BCUT2D eigenvalue weighted by atomic mass is 32.2. The molecule has 3 aromatic carbocycles. The van der Waals surface area contributed by atoms with E-state index in [1.807, 2.05) is 24.0 Å². The average Bonchev–Trinajstić information content (AvgIpc) is 2.99. The molecule has 41 heavy (non-hydrogen) atoms. The Morgan fingerprint density at radius 2 is 1.73 bits per heavy atom. The molecule has 0 saturated carbocycles. The van der Waals surface area contributed by atoms with Gasteiger partial charge >= 0.3 is 0 Å². The van der Waals surface area contributed by atoms with Gasteiger partial charge in [-0.3, -0.25) is 19.8 Å². The molecule has 0 spiro atoms. The first-order valence-electron chi connectivity index (χ1n) is 14.6. The smallest absolute Gasteiger partial charge is 0.269 e. The number of amides is 1. The minimum Gasteiger partial charge on any atom is -0.379 e. The summed E-state index contributed by atoms with van der Waals surface area (Å²) in [5.74, 6) is -0.0510. The molecule has 7 nitrogen and oxygen atoms in total. The van der Waals surface area contributed by atoms with Crippen LogP contribution < -0.4 is 0 Å². The summed E-state index contributed by atoms with van der Waals surface area (Å²) in [7, 11) is 0. The number of carbonyl (C=O) groups is 1. The molecule has 0 radical (unpaired) electrons. The first-order chi connectivity index (χ1) is 19.9. The van der Waals surface area contributed by atoms with Crippen molar-refractivity contribution in [1.29, 1.82) is 0 Å². The normalized spacial score (nSPS) is 13.7. The van der Waals surface area contributed by atoms with Gasteiger partial charge in [0.25, 0.3) is 11.6 Å². The number of hydrogen-bond donors (Lipinski definition) is 0. The van der Waals surface area contributed by atoms with Crippen LogP contribution in [0, 0.1) is 17.0 Å². The third-order valence-corrected chi connectivity index (χ3v) is 8.55. The van der Waals surface area contributed by atoms with Crippen LogP contribution in [0.1, 0.15) is 59.7 Å². The lowest BCUT2D eigenvalue weighted by molar-refractivity contribution is -0.385. The van der Waals surface area contributed by atoms with E-state index in [0.717, 1.165) is 67.5 Å². The Morgan fingerprint density at radius 1 is 1.00 bits per heavy atom. The molecule has 0 N–H and O–H groups in total. The summed E-state index contributed by atoms with van der Waals surface area (Å²) < 4.78 is 5.48. The van der Waals surface area contributed by atoms with E-state index in [9.17, 15) is 14.9 Å². The van der Waals surface area contributed by atoms with Gasteiger partial charge in [-0.2, -0.15) is 0 Å². The minimum atomic E-state index is -0.369. The van der Waals surface area contributed by atoms with Gasteiger partial charge in [-0.15, -0.1) is 0 Å². The van der Waals surface area contributed by atoms with Gasteiger partial charge in [0.1, 0.15) is 0 Å². The lowest BCUT2D eigenvalue weighted by atomic mass is 10.0. The highest BCUT2D eigenvalue weighted by Crippen LogP contribution is 2.34. The van der Waals surface area contributed by atoms with Crippen molar-refractivity contribution in [2.45, 2.75) is 62.3 Å². The fourth-order valence-electron chi connectivity index (χ4n) is 4.98. The summed E-state index contributed by atoms with van der Waals surface area (Å²) in [5.41, 5.74) is 3.87. The Balaban J connectivity index is 1.56. The molecule has 1 heterocycles. The zero-order valence-electron chi connectivity index (χ0n) is 24.2. The summed E-state index contributed by atoms with van der Waals surface area (Å²) in [6.45, 7) is 9.25. The largest absolute Gasteiger partial charge is 0.379 e. The Morgan fingerprint density at radius 3 is 2.41 bits per heavy atom. The molecule has 218 valence electrons. The molecular formula is C33H41N3O4S. The summed E-state index contributed by atoms with van der Waals surface area (Å²) in [5, 5.41) is 11.7. The number of benzene rings is 3. The van der Waals surface area contributed by atoms with Crippen LogP contribution >= 0.6 is 11.8 Å². The van der Waals surface area contributed by atoms with Gasteiger partial charge in [0.15, 0.2) is 0 Å². The number of morpholine rings is 1. The van der Waals surface area contributed by atoms with Gasteiger partial charge in [0, 0.05) is 60.2 Å². The van der Waals surface area contributed by atoms with E-state index < -0.39 is 0 Å². The van der Waals surface area contributed by atoms with E-state index in [4.69, 9.17) is 4.74 Å². The molecule has 1 fully saturated rings. The predicted octanol–water partition coefficient (Wildman–Crippen LogP) is 7.15. The van der Waals surface area contributed by atoms with Crippen molar-refractivity contribution >= 4 is 23.4 Å². The molecule has 3 aromatic rings. The highest BCUT2D eigenvalue weighted by Gasteiger charge is 2.21. The molecule has 0 aliphatic carbocycles. The van der Waals surface area contributed by atoms with Crippen LogP contribution in [0.5, 0.6) is 0 Å². The van der Waals surface area contributed by atoms with Crippen molar-refractivity contribution in [2.24, 2.45) is 0 Å². The second kappa shape index (κ2) is 15.7. The number of nitro benzene ring substituents is 1. The summed E-state index contributed by atoms with van der Waals surface area (Å²) in [6, 6.07) is 21.2. The molecule has 0 bridgehead atoms. The highest BCUT2D eigenvalue weighted by molar-refractivity contribution is 7.99. The second-order valence-electron chi connectivity index (χ2n) is 10.7. The first-order valence-corrected chi connectivity index (χ1v) is 15.4. The number of carbonyl (C=O) groups excluding carboxylic acids is 1. The standard InChI is InChI=1S/C33H41N3O4S/c1-3-4-5-7-27-10-12-28(13-11-27)33(37)35(19-6-18-34-20-22-40-23-21-34)25-29-24-30(36(38)39)14-17-32(29)41-31-15-8-26(2)9-16-31/h8-17,24H,3-7,18-23,25H2,1-2H3. The van der Waals surface area contributed by atoms with Gasteiger partial charge in [0.05, 0.1) is 18.1 Å². The first kappa shape index (κ1) is 30.8. The lowest BCUT2D eigenvalue weighted by Crippen LogP contribution is -2.39. The predicted molar refractivity (Wildman–Crippen MR) is 165 cm³/mol. The Kier molecular flexibility index (Phi) is 11.8. The van der Waals surface area contributed by atoms with E-state index in [2.05, 4.69) is 48.2 Å². The quantitative estimate of drug-likeness (QED) is 0.115. The fourth-order valence-corrected chi connectivity index (χ4v) is 5.90. The Labute approximate surface area is 248 Å². The molecule has 1 aliphatic heterocycles. The molecule has 4 rings (SSSR count). The minimum absolute atomic E-state index is 0.0328. The van der Waals surface area contributed by atoms with Crippen LogP contribution in [-0.4, -0.2) is 60.0 Å². The number of aryl methyl sites for hydroxylation is 2. The van der Waals surface area contributed by atoms with Crippen LogP contribution in [0.3, 0.4) is 0 Å². The maximum absolute atomic E-state index is 13.9. The van der Waals surface area contributed by atoms with E-state index in [1.54, 1.807) is 30.0 Å². The maximum atomic E-state index is 13.9. The van der Waals surface area contributed by atoms with Crippen LogP contribution in [0.2, 0.25) is 0 Å². The summed E-state index contributed by atoms with van der Waals surface area (Å²) in [4.78, 5) is 31.4. The van der Waals surface area contributed by atoms with Crippen molar-refractivity contribution in [2.75, 3.05) is 39.4 Å². The third kappa shape index (κ3) is 9.42. The number of nitro groups is 1. The van der Waals surface area contributed by atoms with Crippen LogP contribution in [-0.2, 0) is 17.7 Å². The number of ether oxygens (including phenoxy) is 1. The zero-order valence-corrected chi connectivity index (χ0v) is 25.0. The third-order valence-electron chi connectivity index (χ3n) is 7.43. The molecule has 8 heteroatoms. The summed E-state index contributed by atoms with van der Waals surface area (Å²) >= 11 is 1.57. The summed E-state index contributed by atoms with van der Waals surface area (Å²) in [6.07, 6.45) is 5.35.